The molecule has 0 aromatic heterocycles. The topological polar surface area (TPSA) is 70.2 Å². The van der Waals surface area contributed by atoms with E-state index in [0.717, 1.165) is 32.5 Å². The van der Waals surface area contributed by atoms with E-state index in [9.17, 15) is 13.2 Å². The number of hydrogen-bond donors (Lipinski definition) is 0. The Morgan fingerprint density at radius 1 is 0.839 bits per heavy atom. The standard InChI is InChI=1S/C23H29N3O4S/c27-23(25-16-14-24(15-17-25)18-20-6-2-1-3-7-20)19-30-21-8-10-22(11-9-21)31(28,29)26-12-4-5-13-26/h1-3,6-11H,4-5,12-19H2. The zero-order valence-corrected chi connectivity index (χ0v) is 18.5. The van der Waals surface area contributed by atoms with Crippen molar-refractivity contribution in [2.45, 2.75) is 24.3 Å². The number of amides is 1. The summed E-state index contributed by atoms with van der Waals surface area (Å²) in [6.07, 6.45) is 1.81. The normalized spacial score (nSPS) is 18.3. The van der Waals surface area contributed by atoms with Gasteiger partial charge in [-0.15, -0.1) is 0 Å². The van der Waals surface area contributed by atoms with Crippen LogP contribution in [0.2, 0.25) is 0 Å². The number of nitrogens with zero attached hydrogens (tertiary/aromatic N) is 3. The molecular weight excluding hydrogens is 414 g/mol. The molecule has 0 unspecified atom stereocenters. The number of carbonyl (C=O) groups excluding carboxylic acids is 1. The summed E-state index contributed by atoms with van der Waals surface area (Å²) >= 11 is 0. The van der Waals surface area contributed by atoms with E-state index in [1.54, 1.807) is 24.3 Å². The van der Waals surface area contributed by atoms with Crippen LogP contribution in [-0.4, -0.2) is 74.3 Å². The Morgan fingerprint density at radius 2 is 1.48 bits per heavy atom. The average molecular weight is 444 g/mol. The van der Waals surface area contributed by atoms with Crippen molar-refractivity contribution in [1.82, 2.24) is 14.1 Å². The van der Waals surface area contributed by atoms with Gasteiger partial charge in [-0.3, -0.25) is 9.69 Å². The van der Waals surface area contributed by atoms with Gasteiger partial charge >= 0.3 is 0 Å². The van der Waals surface area contributed by atoms with Crippen LogP contribution < -0.4 is 4.74 Å². The molecule has 0 saturated carbocycles. The van der Waals surface area contributed by atoms with Gasteiger partial charge in [-0.1, -0.05) is 30.3 Å². The van der Waals surface area contributed by atoms with Gasteiger partial charge in [-0.2, -0.15) is 4.31 Å². The Bertz CT molecular complexity index is 966. The fourth-order valence-electron chi connectivity index (χ4n) is 4.02. The average Bonchev–Trinajstić information content (AvgIpc) is 3.35. The molecule has 8 heteroatoms. The largest absolute Gasteiger partial charge is 0.484 e. The van der Waals surface area contributed by atoms with Crippen LogP contribution in [0, 0.1) is 0 Å². The Balaban J connectivity index is 1.24. The minimum absolute atomic E-state index is 0.0447. The molecule has 0 N–H and O–H groups in total. The summed E-state index contributed by atoms with van der Waals surface area (Å²) < 4.78 is 32.3. The minimum atomic E-state index is -3.43. The predicted molar refractivity (Wildman–Crippen MR) is 118 cm³/mol. The quantitative estimate of drug-likeness (QED) is 0.656. The molecule has 2 aliphatic heterocycles. The van der Waals surface area contributed by atoms with Gasteiger partial charge in [0.05, 0.1) is 4.90 Å². The lowest BCUT2D eigenvalue weighted by atomic mass is 10.2. The van der Waals surface area contributed by atoms with Gasteiger partial charge in [0.2, 0.25) is 10.0 Å². The van der Waals surface area contributed by atoms with Crippen molar-refractivity contribution >= 4 is 15.9 Å². The fourth-order valence-corrected chi connectivity index (χ4v) is 5.54. The highest BCUT2D eigenvalue weighted by Gasteiger charge is 2.27. The minimum Gasteiger partial charge on any atom is -0.484 e. The van der Waals surface area contributed by atoms with Crippen molar-refractivity contribution in [3.63, 3.8) is 0 Å². The van der Waals surface area contributed by atoms with Crippen LogP contribution in [0.1, 0.15) is 18.4 Å². The molecule has 2 aliphatic rings. The zero-order chi connectivity index (χ0) is 21.7. The number of benzene rings is 2. The van der Waals surface area contributed by atoms with Gasteiger partial charge in [0.1, 0.15) is 5.75 Å². The molecule has 0 aliphatic carbocycles. The van der Waals surface area contributed by atoms with Crippen LogP contribution in [0.4, 0.5) is 0 Å². The van der Waals surface area contributed by atoms with E-state index < -0.39 is 10.0 Å². The molecule has 0 spiro atoms. The first-order chi connectivity index (χ1) is 15.0. The maximum absolute atomic E-state index is 12.6. The summed E-state index contributed by atoms with van der Waals surface area (Å²) in [5.41, 5.74) is 1.28. The lowest BCUT2D eigenvalue weighted by molar-refractivity contribution is -0.135. The summed E-state index contributed by atoms with van der Waals surface area (Å²) in [5, 5.41) is 0. The van der Waals surface area contributed by atoms with Crippen LogP contribution in [0.3, 0.4) is 0 Å². The Labute approximate surface area is 184 Å². The SMILES string of the molecule is O=C(COc1ccc(S(=O)(=O)N2CCCC2)cc1)N1CCN(Cc2ccccc2)CC1. The van der Waals surface area contributed by atoms with Crippen molar-refractivity contribution in [3.05, 3.63) is 60.2 Å². The van der Waals surface area contributed by atoms with Gasteiger partial charge < -0.3 is 9.64 Å². The molecule has 0 atom stereocenters. The van der Waals surface area contributed by atoms with E-state index >= 15 is 0 Å². The van der Waals surface area contributed by atoms with Crippen molar-refractivity contribution in [1.29, 1.82) is 0 Å². The monoisotopic (exact) mass is 443 g/mol. The second-order valence-electron chi connectivity index (χ2n) is 8.01. The molecule has 2 fully saturated rings. The maximum atomic E-state index is 12.6. The molecule has 7 nitrogen and oxygen atoms in total. The summed E-state index contributed by atoms with van der Waals surface area (Å²) in [6, 6.07) is 16.7. The molecule has 2 aromatic carbocycles. The molecule has 4 rings (SSSR count). The molecule has 1 amide bonds. The van der Waals surface area contributed by atoms with Crippen LogP contribution in [0.25, 0.3) is 0 Å². The summed E-state index contributed by atoms with van der Waals surface area (Å²) in [5.74, 6) is 0.449. The Morgan fingerprint density at radius 3 is 2.13 bits per heavy atom. The lowest BCUT2D eigenvalue weighted by Gasteiger charge is -2.34. The van der Waals surface area contributed by atoms with E-state index in [4.69, 9.17) is 4.74 Å². The second-order valence-corrected chi connectivity index (χ2v) is 9.95. The molecule has 0 bridgehead atoms. The number of carbonyl (C=O) groups is 1. The third-order valence-corrected chi connectivity index (χ3v) is 7.78. The Hall–Kier alpha value is -2.42. The molecule has 0 radical (unpaired) electrons. The van der Waals surface area contributed by atoms with Gasteiger partial charge in [-0.25, -0.2) is 8.42 Å². The lowest BCUT2D eigenvalue weighted by Crippen LogP contribution is -2.49. The maximum Gasteiger partial charge on any atom is 0.260 e. The highest BCUT2D eigenvalue weighted by molar-refractivity contribution is 7.89. The number of hydrogen-bond acceptors (Lipinski definition) is 5. The fraction of sp³-hybridized carbons (Fsp3) is 0.435. The van der Waals surface area contributed by atoms with E-state index in [2.05, 4.69) is 17.0 Å². The van der Waals surface area contributed by atoms with Crippen LogP contribution in [0.5, 0.6) is 5.75 Å². The smallest absolute Gasteiger partial charge is 0.260 e. The zero-order valence-electron chi connectivity index (χ0n) is 17.7. The van der Waals surface area contributed by atoms with Crippen molar-refractivity contribution in [2.75, 3.05) is 45.9 Å². The second kappa shape index (κ2) is 9.80. The van der Waals surface area contributed by atoms with E-state index in [-0.39, 0.29) is 17.4 Å². The molecule has 31 heavy (non-hydrogen) atoms. The molecule has 2 saturated heterocycles. The van der Waals surface area contributed by atoms with Crippen molar-refractivity contribution < 1.29 is 17.9 Å². The van der Waals surface area contributed by atoms with Gasteiger partial charge in [0.25, 0.3) is 5.91 Å². The molecule has 166 valence electrons. The van der Waals surface area contributed by atoms with E-state index in [1.807, 2.05) is 23.1 Å². The molecular formula is C23H29N3O4S. The Kier molecular flexibility index (Phi) is 6.89. The van der Waals surface area contributed by atoms with Gasteiger partial charge in [-0.05, 0) is 42.7 Å². The highest BCUT2D eigenvalue weighted by Crippen LogP contribution is 2.23. The third-order valence-electron chi connectivity index (χ3n) is 5.86. The highest BCUT2D eigenvalue weighted by atomic mass is 32.2. The number of sulfonamides is 1. The van der Waals surface area contributed by atoms with Crippen LogP contribution >= 0.6 is 0 Å². The third kappa shape index (κ3) is 5.44. The first-order valence-corrected chi connectivity index (χ1v) is 12.2. The van der Waals surface area contributed by atoms with Crippen LogP contribution in [0.15, 0.2) is 59.5 Å². The first-order valence-electron chi connectivity index (χ1n) is 10.8. The number of ether oxygens (including phenoxy) is 1. The summed E-state index contributed by atoms with van der Waals surface area (Å²) in [4.78, 5) is 17.0. The first kappa shape index (κ1) is 21.8. The summed E-state index contributed by atoms with van der Waals surface area (Å²) in [7, 11) is -3.43. The van der Waals surface area contributed by atoms with Gasteiger partial charge in [0.15, 0.2) is 6.61 Å². The van der Waals surface area contributed by atoms with Crippen molar-refractivity contribution in [2.24, 2.45) is 0 Å². The van der Waals surface area contributed by atoms with E-state index in [0.29, 0.717) is 31.9 Å². The molecule has 2 heterocycles. The molecule has 2 aromatic rings. The number of rotatable bonds is 7. The van der Waals surface area contributed by atoms with Crippen molar-refractivity contribution in [3.8, 4) is 5.75 Å². The van der Waals surface area contributed by atoms with Gasteiger partial charge in [0, 0.05) is 45.8 Å². The summed E-state index contributed by atoms with van der Waals surface area (Å²) in [6.45, 7) is 5.04. The van der Waals surface area contributed by atoms with Crippen LogP contribution in [-0.2, 0) is 21.4 Å². The van der Waals surface area contributed by atoms with E-state index in [1.165, 1.54) is 9.87 Å². The predicted octanol–water partition coefficient (Wildman–Crippen LogP) is 2.19. The number of piperazine rings is 1.